The number of piperazine rings is 1. The molecule has 2 unspecified atom stereocenters. The maximum atomic E-state index is 13.7. The van der Waals surface area contributed by atoms with E-state index in [0.717, 1.165) is 11.1 Å². The van der Waals surface area contributed by atoms with Crippen molar-refractivity contribution in [3.63, 3.8) is 0 Å². The summed E-state index contributed by atoms with van der Waals surface area (Å²) in [5, 5.41) is 9.92. The second-order valence-electron chi connectivity index (χ2n) is 7.96. The zero-order valence-corrected chi connectivity index (χ0v) is 19.6. The Morgan fingerprint density at radius 3 is 2.00 bits per heavy atom. The Morgan fingerprint density at radius 1 is 0.941 bits per heavy atom. The number of amides is 1. The molecule has 176 valence electrons. The molecule has 1 N–H and O–H groups in total. The van der Waals surface area contributed by atoms with Gasteiger partial charge in [-0.2, -0.15) is 0 Å². The van der Waals surface area contributed by atoms with Crippen molar-refractivity contribution in [2.75, 3.05) is 26.7 Å². The highest BCUT2D eigenvalue weighted by Crippen LogP contribution is 2.29. The summed E-state index contributed by atoms with van der Waals surface area (Å²) < 4.78 is 19.8. The van der Waals surface area contributed by atoms with E-state index in [1.165, 1.54) is 4.31 Å². The Labute approximate surface area is 201 Å². The van der Waals surface area contributed by atoms with Crippen LogP contribution in [0.1, 0.15) is 17.0 Å². The molecule has 0 aliphatic carbocycles. The minimum atomic E-state index is -1.68. The third kappa shape index (κ3) is 5.09. The third-order valence-corrected chi connectivity index (χ3v) is 7.45. The number of rotatable bonds is 7. The minimum absolute atomic E-state index is 0.0494. The smallest absolute Gasteiger partial charge is 0.327 e. The van der Waals surface area contributed by atoms with E-state index in [4.69, 9.17) is 4.74 Å². The summed E-state index contributed by atoms with van der Waals surface area (Å²) in [5.74, 6) is -1.21. The van der Waals surface area contributed by atoms with Crippen molar-refractivity contribution in [1.29, 1.82) is 0 Å². The SMILES string of the molecule is COc1ccc([S+]([O-])N2CCN(C(=O)C(c3ccccc3)c3ccccc3)CC2C(=O)O)cc1. The average molecular weight is 479 g/mol. The number of nitrogens with zero attached hydrogens (tertiary/aromatic N) is 2. The molecule has 0 bridgehead atoms. The van der Waals surface area contributed by atoms with Crippen molar-refractivity contribution in [1.82, 2.24) is 9.21 Å². The molecule has 0 aromatic heterocycles. The molecular formula is C26H26N2O5S. The monoisotopic (exact) mass is 478 g/mol. The Bertz CT molecular complexity index is 1070. The molecule has 0 spiro atoms. The van der Waals surface area contributed by atoms with E-state index in [1.54, 1.807) is 36.3 Å². The van der Waals surface area contributed by atoms with Crippen LogP contribution in [0, 0.1) is 0 Å². The fraction of sp³-hybridized carbons (Fsp3) is 0.231. The molecule has 7 nitrogen and oxygen atoms in total. The van der Waals surface area contributed by atoms with Gasteiger partial charge in [0.15, 0.2) is 10.9 Å². The van der Waals surface area contributed by atoms with Gasteiger partial charge in [-0.15, -0.1) is 4.31 Å². The van der Waals surface area contributed by atoms with E-state index in [-0.39, 0.29) is 25.5 Å². The maximum absolute atomic E-state index is 13.7. The van der Waals surface area contributed by atoms with Gasteiger partial charge >= 0.3 is 5.97 Å². The highest BCUT2D eigenvalue weighted by Gasteiger charge is 2.43. The van der Waals surface area contributed by atoms with E-state index in [9.17, 15) is 19.2 Å². The van der Waals surface area contributed by atoms with E-state index in [0.29, 0.717) is 10.6 Å². The van der Waals surface area contributed by atoms with Gasteiger partial charge in [-0.05, 0) is 35.4 Å². The van der Waals surface area contributed by atoms with E-state index >= 15 is 0 Å². The normalized spacial score (nSPS) is 17.4. The molecule has 1 amide bonds. The molecule has 0 radical (unpaired) electrons. The lowest BCUT2D eigenvalue weighted by Crippen LogP contribution is -2.59. The predicted octanol–water partition coefficient (Wildman–Crippen LogP) is 3.15. The predicted molar refractivity (Wildman–Crippen MR) is 129 cm³/mol. The van der Waals surface area contributed by atoms with Crippen molar-refractivity contribution in [3.05, 3.63) is 96.1 Å². The van der Waals surface area contributed by atoms with Crippen LogP contribution in [0.2, 0.25) is 0 Å². The van der Waals surface area contributed by atoms with Crippen LogP contribution in [0.3, 0.4) is 0 Å². The number of methoxy groups -OCH3 is 1. The molecular weight excluding hydrogens is 452 g/mol. The van der Waals surface area contributed by atoms with E-state index in [2.05, 4.69) is 0 Å². The summed E-state index contributed by atoms with van der Waals surface area (Å²) in [7, 11) is 1.54. The van der Waals surface area contributed by atoms with Gasteiger partial charge in [0.05, 0.1) is 37.5 Å². The van der Waals surface area contributed by atoms with Gasteiger partial charge in [-0.25, -0.2) is 0 Å². The van der Waals surface area contributed by atoms with Crippen molar-refractivity contribution in [3.8, 4) is 5.75 Å². The zero-order chi connectivity index (χ0) is 24.1. The van der Waals surface area contributed by atoms with E-state index in [1.807, 2.05) is 60.7 Å². The minimum Gasteiger partial charge on any atom is -0.593 e. The quantitative estimate of drug-likeness (QED) is 0.525. The number of carboxylic acids is 1. The first-order chi connectivity index (χ1) is 16.5. The third-order valence-electron chi connectivity index (χ3n) is 5.91. The van der Waals surface area contributed by atoms with Crippen LogP contribution in [0.5, 0.6) is 5.75 Å². The molecule has 3 aromatic carbocycles. The van der Waals surface area contributed by atoms with Gasteiger partial charge in [0.25, 0.3) is 0 Å². The first-order valence-electron chi connectivity index (χ1n) is 10.9. The van der Waals surface area contributed by atoms with Crippen molar-refractivity contribution in [2.45, 2.75) is 16.9 Å². The van der Waals surface area contributed by atoms with Crippen LogP contribution in [-0.4, -0.2) is 63.5 Å². The molecule has 1 fully saturated rings. The van der Waals surface area contributed by atoms with Crippen molar-refractivity contribution >= 4 is 23.2 Å². The topological polar surface area (TPSA) is 93.1 Å². The highest BCUT2D eigenvalue weighted by molar-refractivity contribution is 7.89. The van der Waals surface area contributed by atoms with Gasteiger partial charge in [0.1, 0.15) is 5.75 Å². The van der Waals surface area contributed by atoms with Gasteiger partial charge in [-0.3, -0.25) is 9.59 Å². The Hall–Kier alpha value is -3.33. The molecule has 1 saturated heterocycles. The number of carbonyl (C=O) groups is 2. The number of benzene rings is 3. The van der Waals surface area contributed by atoms with Gasteiger partial charge in [-0.1, -0.05) is 60.7 Å². The van der Waals surface area contributed by atoms with Crippen LogP contribution < -0.4 is 4.74 Å². The summed E-state index contributed by atoms with van der Waals surface area (Å²) in [6.45, 7) is 0.407. The standard InChI is InChI=1S/C26H26N2O5S/c1-33-21-12-14-22(15-13-21)34(32)28-17-16-27(18-23(28)26(30)31)25(29)24(19-8-4-2-5-9-19)20-10-6-3-7-11-20/h2-15,23-24H,16-18H2,1H3,(H,30,31). The zero-order valence-electron chi connectivity index (χ0n) is 18.7. The molecule has 1 heterocycles. The van der Waals surface area contributed by atoms with Crippen molar-refractivity contribution in [2.24, 2.45) is 0 Å². The molecule has 1 aliphatic heterocycles. The number of ether oxygens (including phenoxy) is 1. The Kier molecular flexibility index (Phi) is 7.52. The summed E-state index contributed by atoms with van der Waals surface area (Å²) in [6, 6.07) is 24.5. The number of carboxylic acid groups (broad SMARTS) is 1. The molecule has 3 aromatic rings. The van der Waals surface area contributed by atoms with Gasteiger partial charge in [0, 0.05) is 6.54 Å². The molecule has 1 aliphatic rings. The number of carbonyl (C=O) groups excluding carboxylic acids is 1. The number of hydrogen-bond donors (Lipinski definition) is 1. The van der Waals surface area contributed by atoms with Crippen molar-refractivity contribution < 1.29 is 24.0 Å². The lowest BCUT2D eigenvalue weighted by Gasteiger charge is -2.39. The Morgan fingerprint density at radius 2 is 1.50 bits per heavy atom. The maximum Gasteiger partial charge on any atom is 0.327 e. The average Bonchev–Trinajstić information content (AvgIpc) is 2.89. The van der Waals surface area contributed by atoms with Crippen LogP contribution in [-0.2, 0) is 21.0 Å². The molecule has 2 atom stereocenters. The van der Waals surface area contributed by atoms with Crippen LogP contribution in [0.15, 0.2) is 89.8 Å². The highest BCUT2D eigenvalue weighted by atomic mass is 32.2. The lowest BCUT2D eigenvalue weighted by atomic mass is 9.89. The fourth-order valence-corrected chi connectivity index (χ4v) is 5.42. The number of aliphatic carboxylic acids is 1. The van der Waals surface area contributed by atoms with Crippen LogP contribution in [0.4, 0.5) is 0 Å². The Balaban J connectivity index is 1.57. The summed E-state index contributed by atoms with van der Waals surface area (Å²) in [6.07, 6.45) is 0. The molecule has 4 rings (SSSR count). The molecule has 34 heavy (non-hydrogen) atoms. The van der Waals surface area contributed by atoms with Crippen LogP contribution >= 0.6 is 0 Å². The second-order valence-corrected chi connectivity index (χ2v) is 9.40. The number of hydrogen-bond acceptors (Lipinski definition) is 5. The van der Waals surface area contributed by atoms with Gasteiger partial charge in [0.2, 0.25) is 5.91 Å². The molecule has 0 saturated carbocycles. The van der Waals surface area contributed by atoms with Gasteiger partial charge < -0.3 is 19.3 Å². The summed E-state index contributed by atoms with van der Waals surface area (Å²) >= 11 is -1.68. The van der Waals surface area contributed by atoms with E-state index < -0.39 is 29.3 Å². The summed E-state index contributed by atoms with van der Waals surface area (Å²) in [4.78, 5) is 27.9. The first kappa shape index (κ1) is 23.8. The molecule has 8 heteroatoms. The van der Waals surface area contributed by atoms with Crippen LogP contribution in [0.25, 0.3) is 0 Å². The largest absolute Gasteiger partial charge is 0.593 e. The summed E-state index contributed by atoms with van der Waals surface area (Å²) in [5.41, 5.74) is 1.68. The second kappa shape index (κ2) is 10.7. The first-order valence-corrected chi connectivity index (χ1v) is 12.0. The lowest BCUT2D eigenvalue weighted by molar-refractivity contribution is -0.145. The fourth-order valence-electron chi connectivity index (χ4n) is 4.14.